The van der Waals surface area contributed by atoms with Gasteiger partial charge in [-0.05, 0) is 36.8 Å². The normalized spacial score (nSPS) is 12.8. The molecule has 0 unspecified atom stereocenters. The fourth-order valence-corrected chi connectivity index (χ4v) is 3.90. The molecule has 166 valence electrons. The summed E-state index contributed by atoms with van der Waals surface area (Å²) in [6.07, 6.45) is -3.06. The summed E-state index contributed by atoms with van der Waals surface area (Å²) in [6, 6.07) is 6.68. The number of amides is 1. The van der Waals surface area contributed by atoms with Crippen molar-refractivity contribution in [3.63, 3.8) is 0 Å². The minimum atomic E-state index is -4.65. The number of nitrogens with one attached hydrogen (secondary N) is 1. The van der Waals surface area contributed by atoms with Gasteiger partial charge in [-0.25, -0.2) is 9.97 Å². The van der Waals surface area contributed by atoms with Crippen LogP contribution in [0, 0.1) is 6.92 Å². The Morgan fingerprint density at radius 3 is 2.72 bits per heavy atom. The van der Waals surface area contributed by atoms with Crippen LogP contribution in [0.3, 0.4) is 0 Å². The number of alkyl halides is 3. The van der Waals surface area contributed by atoms with Crippen molar-refractivity contribution < 1.29 is 22.4 Å². The highest BCUT2D eigenvalue weighted by atomic mass is 32.2. The predicted molar refractivity (Wildman–Crippen MR) is 111 cm³/mol. The van der Waals surface area contributed by atoms with Crippen LogP contribution in [-0.2, 0) is 13.2 Å². The molecule has 8 nitrogen and oxygen atoms in total. The highest BCUT2D eigenvalue weighted by molar-refractivity contribution is 7.99. The Morgan fingerprint density at radius 2 is 2.03 bits per heavy atom. The number of carbonyl (C=O) groups is 1. The average Bonchev–Trinajstić information content (AvgIpc) is 3.31. The number of carbonyl (C=O) groups excluding carboxylic acids is 1. The molecule has 4 rings (SSSR count). The molecule has 0 saturated heterocycles. The second kappa shape index (κ2) is 8.26. The maximum atomic E-state index is 13.0. The first-order valence-corrected chi connectivity index (χ1v) is 10.3. The third-order valence-corrected chi connectivity index (χ3v) is 5.77. The van der Waals surface area contributed by atoms with Gasteiger partial charge in [0.1, 0.15) is 23.2 Å². The van der Waals surface area contributed by atoms with Crippen LogP contribution in [0.25, 0.3) is 11.1 Å². The first-order valence-electron chi connectivity index (χ1n) is 9.39. The van der Waals surface area contributed by atoms with Crippen LogP contribution in [0.4, 0.5) is 18.9 Å². The molecule has 0 aliphatic rings. The summed E-state index contributed by atoms with van der Waals surface area (Å²) in [6.45, 7) is 3.62. The largest absolute Gasteiger partial charge is 0.439 e. The molecule has 0 fully saturated rings. The van der Waals surface area contributed by atoms with Crippen LogP contribution in [0.2, 0.25) is 0 Å². The van der Waals surface area contributed by atoms with Gasteiger partial charge >= 0.3 is 6.18 Å². The van der Waals surface area contributed by atoms with Gasteiger partial charge in [-0.1, -0.05) is 17.8 Å². The summed E-state index contributed by atoms with van der Waals surface area (Å²) in [5.41, 5.74) is 0.420. The fourth-order valence-electron chi connectivity index (χ4n) is 3.00. The van der Waals surface area contributed by atoms with Crippen LogP contribution >= 0.6 is 11.8 Å². The van der Waals surface area contributed by atoms with E-state index in [0.29, 0.717) is 22.1 Å². The molecule has 0 bridgehead atoms. The Kier molecular flexibility index (Phi) is 5.63. The maximum absolute atomic E-state index is 13.0. The number of aromatic nitrogens is 5. The van der Waals surface area contributed by atoms with Crippen molar-refractivity contribution >= 4 is 34.5 Å². The number of anilines is 1. The summed E-state index contributed by atoms with van der Waals surface area (Å²) in [5.74, 6) is -0.407. The second-order valence-electron chi connectivity index (χ2n) is 6.99. The third-order valence-electron chi connectivity index (χ3n) is 4.56. The molecule has 1 atom stereocenters. The zero-order valence-corrected chi connectivity index (χ0v) is 18.0. The Hall–Kier alpha value is -3.41. The highest BCUT2D eigenvalue weighted by Gasteiger charge is 2.33. The Bertz CT molecular complexity index is 1300. The van der Waals surface area contributed by atoms with Gasteiger partial charge in [0.15, 0.2) is 16.6 Å². The molecule has 0 spiro atoms. The van der Waals surface area contributed by atoms with Crippen molar-refractivity contribution in [3.05, 3.63) is 59.5 Å². The number of oxazole rings is 1. The molecule has 0 aliphatic carbocycles. The van der Waals surface area contributed by atoms with E-state index in [9.17, 15) is 18.0 Å². The number of aryl methyl sites for hydroxylation is 2. The average molecular weight is 462 g/mol. The van der Waals surface area contributed by atoms with Crippen LogP contribution < -0.4 is 5.32 Å². The van der Waals surface area contributed by atoms with Crippen molar-refractivity contribution in [2.45, 2.75) is 30.4 Å². The van der Waals surface area contributed by atoms with Gasteiger partial charge in [0.05, 0.1) is 5.69 Å². The van der Waals surface area contributed by atoms with E-state index in [2.05, 4.69) is 25.5 Å². The summed E-state index contributed by atoms with van der Waals surface area (Å²) in [7, 11) is 1.83. The van der Waals surface area contributed by atoms with Crippen molar-refractivity contribution in [3.8, 4) is 0 Å². The van der Waals surface area contributed by atoms with Crippen LogP contribution in [0.15, 0.2) is 46.2 Å². The number of thioether (sulfide) groups is 1. The van der Waals surface area contributed by atoms with Gasteiger partial charge in [-0.3, -0.25) is 4.79 Å². The van der Waals surface area contributed by atoms with Crippen molar-refractivity contribution in [2.75, 3.05) is 5.32 Å². The van der Waals surface area contributed by atoms with Crippen LogP contribution in [0.1, 0.15) is 39.8 Å². The quantitative estimate of drug-likeness (QED) is 0.426. The molecule has 3 aromatic heterocycles. The number of rotatable bonds is 5. The van der Waals surface area contributed by atoms with Gasteiger partial charge in [-0.2, -0.15) is 13.2 Å². The van der Waals surface area contributed by atoms with Gasteiger partial charge < -0.3 is 14.3 Å². The number of fused-ring (bicyclic) bond motifs is 1. The van der Waals surface area contributed by atoms with Crippen molar-refractivity contribution in [2.24, 2.45) is 7.05 Å². The molecule has 0 radical (unpaired) electrons. The predicted octanol–water partition coefficient (Wildman–Crippen LogP) is 4.78. The molecule has 1 amide bonds. The zero-order chi connectivity index (χ0) is 23.0. The lowest BCUT2D eigenvalue weighted by molar-refractivity contribution is -0.141. The van der Waals surface area contributed by atoms with E-state index < -0.39 is 17.8 Å². The minimum absolute atomic E-state index is 0.0957. The van der Waals surface area contributed by atoms with Gasteiger partial charge in [0.25, 0.3) is 5.91 Å². The van der Waals surface area contributed by atoms with Crippen LogP contribution in [0.5, 0.6) is 0 Å². The number of hydrogen-bond donors (Lipinski definition) is 1. The molecular formula is C20H17F3N6O2S. The third kappa shape index (κ3) is 4.44. The Balaban J connectivity index is 1.67. The van der Waals surface area contributed by atoms with E-state index in [-0.39, 0.29) is 16.6 Å². The molecule has 0 aliphatic heterocycles. The Labute approximate surface area is 184 Å². The molecular weight excluding hydrogens is 445 g/mol. The van der Waals surface area contributed by atoms with E-state index >= 15 is 0 Å². The first kappa shape index (κ1) is 21.8. The molecule has 3 heterocycles. The van der Waals surface area contributed by atoms with E-state index in [1.165, 1.54) is 17.8 Å². The molecule has 4 aromatic rings. The molecule has 0 saturated carbocycles. The summed E-state index contributed by atoms with van der Waals surface area (Å²) in [5, 5.41) is 11.1. The second-order valence-corrected chi connectivity index (χ2v) is 8.30. The van der Waals surface area contributed by atoms with E-state index in [1.54, 1.807) is 23.9 Å². The lowest BCUT2D eigenvalue weighted by Crippen LogP contribution is -2.17. The van der Waals surface area contributed by atoms with Gasteiger partial charge in [0, 0.05) is 19.2 Å². The van der Waals surface area contributed by atoms with Crippen LogP contribution in [-0.4, -0.2) is 30.6 Å². The summed E-state index contributed by atoms with van der Waals surface area (Å²) >= 11 is 1.45. The standard InChI is InChI=1S/C20H17F3N6O2S/c1-10(32-19-28-24-9-29(19)3)12-7-14-17(31-11(2)25-14)15(8-12)27-18(30)13-5-4-6-16(26-13)20(21,22)23/h4-10H,1-3H3,(H,27,30)/t10-/m1/s1. The molecule has 1 N–H and O–H groups in total. The maximum Gasteiger partial charge on any atom is 0.433 e. The van der Waals surface area contributed by atoms with Gasteiger partial charge in [0.2, 0.25) is 0 Å². The smallest absolute Gasteiger partial charge is 0.433 e. The number of halogens is 3. The number of hydrogen-bond acceptors (Lipinski definition) is 7. The summed E-state index contributed by atoms with van der Waals surface area (Å²) in [4.78, 5) is 20.5. The fraction of sp³-hybridized carbons (Fsp3) is 0.250. The molecule has 32 heavy (non-hydrogen) atoms. The van der Waals surface area contributed by atoms with Crippen molar-refractivity contribution in [1.29, 1.82) is 0 Å². The first-order chi connectivity index (χ1) is 15.1. The van der Waals surface area contributed by atoms with E-state index in [4.69, 9.17) is 4.42 Å². The lowest BCUT2D eigenvalue weighted by atomic mass is 10.1. The SMILES string of the molecule is Cc1nc2cc([C@@H](C)Sc3nncn3C)cc(NC(=O)c3cccc(C(F)(F)F)n3)c2o1. The zero-order valence-electron chi connectivity index (χ0n) is 17.1. The minimum Gasteiger partial charge on any atom is -0.439 e. The lowest BCUT2D eigenvalue weighted by Gasteiger charge is -2.13. The topological polar surface area (TPSA) is 98.7 Å². The highest BCUT2D eigenvalue weighted by Crippen LogP contribution is 2.37. The monoisotopic (exact) mass is 462 g/mol. The number of pyridine rings is 1. The van der Waals surface area contributed by atoms with E-state index in [0.717, 1.165) is 17.7 Å². The summed E-state index contributed by atoms with van der Waals surface area (Å²) < 4.78 is 46.3. The number of benzene rings is 1. The molecule has 1 aromatic carbocycles. The van der Waals surface area contributed by atoms with E-state index in [1.807, 2.05) is 20.0 Å². The Morgan fingerprint density at radius 1 is 1.25 bits per heavy atom. The van der Waals surface area contributed by atoms with Gasteiger partial charge in [-0.15, -0.1) is 10.2 Å². The molecule has 12 heteroatoms. The van der Waals surface area contributed by atoms with Crippen molar-refractivity contribution in [1.82, 2.24) is 24.7 Å². The number of nitrogens with zero attached hydrogens (tertiary/aromatic N) is 5.